The summed E-state index contributed by atoms with van der Waals surface area (Å²) >= 11 is 0. The Morgan fingerprint density at radius 3 is 2.77 bits per heavy atom. The number of hydrogen-bond acceptors (Lipinski definition) is 5. The molecule has 0 radical (unpaired) electrons. The van der Waals surface area contributed by atoms with Crippen molar-refractivity contribution in [2.45, 2.75) is 77.4 Å². The molecular formula is C34H38N2O3. The molecule has 0 saturated carbocycles. The van der Waals surface area contributed by atoms with Crippen LogP contribution < -0.4 is 0 Å². The molecule has 202 valence electrons. The zero-order valence-corrected chi connectivity index (χ0v) is 23.0. The minimum Gasteiger partial charge on any atom is -0.512 e. The zero-order chi connectivity index (χ0) is 26.8. The first-order valence-corrected chi connectivity index (χ1v) is 14.6. The summed E-state index contributed by atoms with van der Waals surface area (Å²) < 4.78 is 12.9. The summed E-state index contributed by atoms with van der Waals surface area (Å²) in [5, 5.41) is 11.9. The van der Waals surface area contributed by atoms with Crippen molar-refractivity contribution in [2.24, 2.45) is 15.9 Å². The number of fused-ring (bicyclic) bond motifs is 5. The average Bonchev–Trinajstić information content (AvgIpc) is 3.36. The second-order valence-electron chi connectivity index (χ2n) is 11.0. The number of furan rings is 1. The molecule has 3 atom stereocenters. The fraction of sp³-hybridized carbons (Fsp3) is 0.412. The van der Waals surface area contributed by atoms with Crippen LogP contribution in [0.15, 0.2) is 86.4 Å². The maximum Gasteiger partial charge on any atom is 0.160 e. The van der Waals surface area contributed by atoms with Gasteiger partial charge in [0.05, 0.1) is 12.2 Å². The predicted molar refractivity (Wildman–Crippen MR) is 159 cm³/mol. The predicted octanol–water partition coefficient (Wildman–Crippen LogP) is 8.70. The van der Waals surface area contributed by atoms with Crippen molar-refractivity contribution in [1.29, 1.82) is 0 Å². The van der Waals surface area contributed by atoms with Gasteiger partial charge in [0, 0.05) is 41.8 Å². The fourth-order valence-corrected chi connectivity index (χ4v) is 6.17. The van der Waals surface area contributed by atoms with Gasteiger partial charge in [0.1, 0.15) is 17.1 Å². The summed E-state index contributed by atoms with van der Waals surface area (Å²) in [6, 6.07) is 16.9. The van der Waals surface area contributed by atoms with E-state index in [1.165, 1.54) is 36.0 Å². The Kier molecular flexibility index (Phi) is 7.51. The van der Waals surface area contributed by atoms with Crippen LogP contribution in [0.4, 0.5) is 0 Å². The highest BCUT2D eigenvalue weighted by atomic mass is 16.5. The first-order valence-electron chi connectivity index (χ1n) is 14.6. The van der Waals surface area contributed by atoms with Crippen molar-refractivity contribution in [3.63, 3.8) is 0 Å². The lowest BCUT2D eigenvalue weighted by Gasteiger charge is -2.30. The van der Waals surface area contributed by atoms with Crippen molar-refractivity contribution in [3.05, 3.63) is 83.3 Å². The Labute approximate surface area is 231 Å². The van der Waals surface area contributed by atoms with E-state index in [0.717, 1.165) is 47.3 Å². The number of amidine groups is 1. The smallest absolute Gasteiger partial charge is 0.160 e. The molecule has 1 aliphatic heterocycles. The molecule has 5 heteroatoms. The minimum atomic E-state index is -0.317. The second-order valence-corrected chi connectivity index (χ2v) is 11.0. The maximum atomic E-state index is 10.7. The highest BCUT2D eigenvalue weighted by Gasteiger charge is 2.35. The van der Waals surface area contributed by atoms with Crippen LogP contribution in [0, 0.1) is 5.92 Å². The Bertz CT molecular complexity index is 1470. The Hall–Kier alpha value is -3.44. The molecule has 0 fully saturated rings. The summed E-state index contributed by atoms with van der Waals surface area (Å²) in [5.74, 6) is 2.54. The van der Waals surface area contributed by atoms with Crippen molar-refractivity contribution in [1.82, 2.24) is 0 Å². The fourth-order valence-electron chi connectivity index (χ4n) is 6.17. The summed E-state index contributed by atoms with van der Waals surface area (Å²) in [5.41, 5.74) is 6.37. The third kappa shape index (κ3) is 5.12. The van der Waals surface area contributed by atoms with Crippen molar-refractivity contribution in [3.8, 4) is 11.1 Å². The molecule has 39 heavy (non-hydrogen) atoms. The normalized spacial score (nSPS) is 21.4. The molecule has 0 bridgehead atoms. The number of aliphatic hydroxyl groups is 1. The van der Waals surface area contributed by atoms with Gasteiger partial charge in [-0.3, -0.25) is 0 Å². The molecule has 2 heterocycles. The average molecular weight is 523 g/mol. The monoisotopic (exact) mass is 522 g/mol. The van der Waals surface area contributed by atoms with E-state index >= 15 is 0 Å². The second kappa shape index (κ2) is 11.4. The van der Waals surface area contributed by atoms with E-state index in [4.69, 9.17) is 19.1 Å². The van der Waals surface area contributed by atoms with Crippen molar-refractivity contribution < 1.29 is 14.3 Å². The van der Waals surface area contributed by atoms with E-state index in [2.05, 4.69) is 56.3 Å². The van der Waals surface area contributed by atoms with Crippen LogP contribution in [0.25, 0.3) is 22.1 Å². The van der Waals surface area contributed by atoms with E-state index in [0.29, 0.717) is 37.0 Å². The van der Waals surface area contributed by atoms with E-state index < -0.39 is 0 Å². The highest BCUT2D eigenvalue weighted by Crippen LogP contribution is 2.46. The summed E-state index contributed by atoms with van der Waals surface area (Å²) in [7, 11) is 0. The maximum absolute atomic E-state index is 10.7. The first-order chi connectivity index (χ1) is 19.2. The van der Waals surface area contributed by atoms with Crippen LogP contribution in [0.1, 0.15) is 76.0 Å². The van der Waals surface area contributed by atoms with Crippen LogP contribution in [-0.4, -0.2) is 29.5 Å². The van der Waals surface area contributed by atoms with E-state index in [1.807, 2.05) is 18.2 Å². The van der Waals surface area contributed by atoms with Crippen LogP contribution in [0.2, 0.25) is 0 Å². The molecule has 1 aromatic heterocycles. The van der Waals surface area contributed by atoms with Gasteiger partial charge in [0.15, 0.2) is 12.1 Å². The third-order valence-electron chi connectivity index (χ3n) is 8.42. The zero-order valence-electron chi connectivity index (χ0n) is 23.0. The van der Waals surface area contributed by atoms with Gasteiger partial charge in [-0.1, -0.05) is 87.7 Å². The first kappa shape index (κ1) is 25.8. The number of rotatable bonds is 9. The quantitative estimate of drug-likeness (QED) is 0.306. The van der Waals surface area contributed by atoms with Gasteiger partial charge >= 0.3 is 0 Å². The Morgan fingerprint density at radius 2 is 1.92 bits per heavy atom. The number of nitrogens with zero attached hydrogens (tertiary/aromatic N) is 2. The molecule has 3 aliphatic rings. The van der Waals surface area contributed by atoms with E-state index in [-0.39, 0.29) is 12.1 Å². The topological polar surface area (TPSA) is 67.3 Å². The van der Waals surface area contributed by atoms with Crippen LogP contribution in [0.3, 0.4) is 0 Å². The molecule has 3 unspecified atom stereocenters. The molecule has 0 spiro atoms. The molecule has 6 rings (SSSR count). The lowest BCUT2D eigenvalue weighted by atomic mass is 9.77. The van der Waals surface area contributed by atoms with Crippen LogP contribution in [-0.2, 0) is 11.2 Å². The number of aliphatic imine (C=N–C) groups is 2. The van der Waals surface area contributed by atoms with Crippen molar-refractivity contribution >= 4 is 22.5 Å². The Balaban J connectivity index is 1.36. The Morgan fingerprint density at radius 1 is 1.08 bits per heavy atom. The lowest BCUT2D eigenvalue weighted by molar-refractivity contribution is 0.0342. The molecule has 5 nitrogen and oxygen atoms in total. The summed E-state index contributed by atoms with van der Waals surface area (Å²) in [4.78, 5) is 10.1. The highest BCUT2D eigenvalue weighted by molar-refractivity contribution is 6.12. The summed E-state index contributed by atoms with van der Waals surface area (Å²) in [6.45, 7) is 5.17. The van der Waals surface area contributed by atoms with Gasteiger partial charge in [0.25, 0.3) is 0 Å². The molecule has 2 aliphatic carbocycles. The SMILES string of the molecule is CCCCC(CC)COC1CC(C2Cc3oc4ccccc4c3-c3ccccc32)=NC(C2=C(O)CCC=C2)=N1. The molecule has 2 aromatic carbocycles. The number of benzene rings is 2. The van der Waals surface area contributed by atoms with Gasteiger partial charge in [-0.25, -0.2) is 9.98 Å². The summed E-state index contributed by atoms with van der Waals surface area (Å²) in [6.07, 6.45) is 11.3. The number of allylic oxidation sites excluding steroid dienone is 2. The van der Waals surface area contributed by atoms with Gasteiger partial charge in [-0.05, 0) is 36.0 Å². The van der Waals surface area contributed by atoms with Gasteiger partial charge < -0.3 is 14.3 Å². The number of ether oxygens (including phenoxy) is 1. The molecule has 1 N–H and O–H groups in total. The largest absolute Gasteiger partial charge is 0.512 e. The molecular weight excluding hydrogens is 484 g/mol. The number of para-hydroxylation sites is 1. The molecule has 0 saturated heterocycles. The molecule has 0 amide bonds. The van der Waals surface area contributed by atoms with Gasteiger partial charge in [-0.15, -0.1) is 0 Å². The number of unbranched alkanes of at least 4 members (excludes halogenated alkanes) is 1. The standard InChI is InChI=1S/C34H38N2O3/c1-3-5-12-22(4-2)21-38-32-20-28(35-34(36-32)25-15-8-10-17-29(25)37)27-19-31-33(24-14-7-6-13-23(24)27)26-16-9-11-18-30(26)39-31/h6-9,11,13-16,18,22,27,32,37H,3-5,10,12,17,19-21H2,1-2H3. The van der Waals surface area contributed by atoms with Gasteiger partial charge in [0.2, 0.25) is 0 Å². The lowest BCUT2D eigenvalue weighted by Crippen LogP contribution is -2.31. The van der Waals surface area contributed by atoms with E-state index in [9.17, 15) is 5.11 Å². The van der Waals surface area contributed by atoms with Gasteiger partial charge in [-0.2, -0.15) is 0 Å². The van der Waals surface area contributed by atoms with E-state index in [1.54, 1.807) is 0 Å². The number of hydrogen-bond donors (Lipinski definition) is 1. The van der Waals surface area contributed by atoms with Crippen LogP contribution in [0.5, 0.6) is 0 Å². The minimum absolute atomic E-state index is 0.0586. The third-order valence-corrected chi connectivity index (χ3v) is 8.42. The van der Waals surface area contributed by atoms with Crippen molar-refractivity contribution in [2.75, 3.05) is 6.61 Å². The number of aliphatic hydroxyl groups excluding tert-OH is 1. The molecule has 3 aromatic rings. The van der Waals surface area contributed by atoms with Crippen LogP contribution >= 0.6 is 0 Å².